The molecule has 102 valence electrons. The maximum Gasteiger partial charge on any atom is 0.357 e. The van der Waals surface area contributed by atoms with E-state index in [4.69, 9.17) is 16.7 Å². The van der Waals surface area contributed by atoms with E-state index in [-0.39, 0.29) is 22.6 Å². The van der Waals surface area contributed by atoms with Crippen molar-refractivity contribution in [3.8, 4) is 0 Å². The van der Waals surface area contributed by atoms with E-state index in [1.165, 1.54) is 6.08 Å². The van der Waals surface area contributed by atoms with E-state index in [2.05, 4.69) is 22.1 Å². The van der Waals surface area contributed by atoms with E-state index in [1.54, 1.807) is 24.3 Å². The molecule has 0 spiro atoms. The minimum absolute atomic E-state index is 0.155. The Balaban J connectivity index is 2.31. The van der Waals surface area contributed by atoms with Crippen LogP contribution in [0.25, 0.3) is 6.08 Å². The number of anilines is 1. The highest BCUT2D eigenvalue weighted by atomic mass is 35.5. The van der Waals surface area contributed by atoms with Gasteiger partial charge in [0.2, 0.25) is 0 Å². The van der Waals surface area contributed by atoms with Gasteiger partial charge in [-0.25, -0.2) is 4.79 Å². The van der Waals surface area contributed by atoms with Crippen molar-refractivity contribution in [3.63, 3.8) is 0 Å². The largest absolute Gasteiger partial charge is 0.476 e. The first-order chi connectivity index (χ1) is 9.54. The summed E-state index contributed by atoms with van der Waals surface area (Å²) >= 11 is 5.91. The highest BCUT2D eigenvalue weighted by Gasteiger charge is 2.19. The van der Waals surface area contributed by atoms with Crippen LogP contribution < -0.4 is 5.32 Å². The number of hydrogen-bond donors (Lipinski definition) is 3. The Bertz CT molecular complexity index is 694. The predicted molar refractivity (Wildman–Crippen MR) is 75.0 cm³/mol. The number of carbonyl (C=O) groups is 2. The second-order valence-electron chi connectivity index (χ2n) is 3.80. The zero-order valence-electron chi connectivity index (χ0n) is 10.2. The SMILES string of the molecule is C=Cc1c(C(=O)O)n[nH]c1NC(=O)c1ccccc1Cl. The number of aromatic amines is 1. The van der Waals surface area contributed by atoms with Gasteiger partial charge in [0, 0.05) is 0 Å². The lowest BCUT2D eigenvalue weighted by Crippen LogP contribution is -2.13. The lowest BCUT2D eigenvalue weighted by Gasteiger charge is -2.05. The van der Waals surface area contributed by atoms with E-state index < -0.39 is 11.9 Å². The number of rotatable bonds is 4. The fourth-order valence-electron chi connectivity index (χ4n) is 1.63. The smallest absolute Gasteiger partial charge is 0.357 e. The van der Waals surface area contributed by atoms with Crippen LogP contribution >= 0.6 is 11.6 Å². The predicted octanol–water partition coefficient (Wildman–Crippen LogP) is 2.66. The van der Waals surface area contributed by atoms with Crippen molar-refractivity contribution in [1.29, 1.82) is 0 Å². The van der Waals surface area contributed by atoms with Crippen LogP contribution in [0.5, 0.6) is 0 Å². The number of nitrogens with one attached hydrogen (secondary N) is 2. The lowest BCUT2D eigenvalue weighted by atomic mass is 10.2. The van der Waals surface area contributed by atoms with Crippen LogP contribution in [0, 0.1) is 0 Å². The second-order valence-corrected chi connectivity index (χ2v) is 4.21. The Morgan fingerprint density at radius 2 is 2.10 bits per heavy atom. The number of nitrogens with zero attached hydrogens (tertiary/aromatic N) is 1. The van der Waals surface area contributed by atoms with Crippen LogP contribution in [-0.4, -0.2) is 27.2 Å². The number of H-pyrrole nitrogens is 1. The fraction of sp³-hybridized carbons (Fsp3) is 0. The zero-order chi connectivity index (χ0) is 14.7. The molecule has 7 heteroatoms. The molecule has 1 heterocycles. The van der Waals surface area contributed by atoms with Gasteiger partial charge < -0.3 is 10.4 Å². The number of aromatic carboxylic acids is 1. The molecule has 0 atom stereocenters. The first kappa shape index (κ1) is 13.8. The van der Waals surface area contributed by atoms with Crippen LogP contribution in [0.3, 0.4) is 0 Å². The molecule has 3 N–H and O–H groups in total. The Morgan fingerprint density at radius 1 is 1.40 bits per heavy atom. The first-order valence-corrected chi connectivity index (χ1v) is 5.92. The van der Waals surface area contributed by atoms with Gasteiger partial charge in [-0.15, -0.1) is 0 Å². The van der Waals surface area contributed by atoms with Gasteiger partial charge >= 0.3 is 5.97 Å². The maximum atomic E-state index is 12.1. The molecule has 20 heavy (non-hydrogen) atoms. The van der Waals surface area contributed by atoms with Crippen molar-refractivity contribution < 1.29 is 14.7 Å². The molecule has 0 bridgehead atoms. The summed E-state index contributed by atoms with van der Waals surface area (Å²) in [6, 6.07) is 6.51. The Kier molecular flexibility index (Phi) is 3.86. The number of carboxylic acids is 1. The van der Waals surface area contributed by atoms with Crippen molar-refractivity contribution in [2.24, 2.45) is 0 Å². The monoisotopic (exact) mass is 291 g/mol. The van der Waals surface area contributed by atoms with Crippen LogP contribution in [0.15, 0.2) is 30.8 Å². The summed E-state index contributed by atoms with van der Waals surface area (Å²) in [4.78, 5) is 23.0. The second kappa shape index (κ2) is 5.58. The van der Waals surface area contributed by atoms with Gasteiger partial charge in [0.1, 0.15) is 5.82 Å². The van der Waals surface area contributed by atoms with Crippen molar-refractivity contribution in [3.05, 3.63) is 52.7 Å². The van der Waals surface area contributed by atoms with Crippen LogP contribution in [0.4, 0.5) is 5.82 Å². The number of carbonyl (C=O) groups excluding carboxylic acids is 1. The number of aromatic nitrogens is 2. The molecule has 0 saturated heterocycles. The Morgan fingerprint density at radius 3 is 2.70 bits per heavy atom. The summed E-state index contributed by atoms with van der Waals surface area (Å²) in [7, 11) is 0. The summed E-state index contributed by atoms with van der Waals surface area (Å²) < 4.78 is 0. The molecule has 0 aliphatic heterocycles. The number of hydrogen-bond acceptors (Lipinski definition) is 3. The third-order valence-corrected chi connectivity index (χ3v) is 2.90. The van der Waals surface area contributed by atoms with Crippen molar-refractivity contribution in [1.82, 2.24) is 10.2 Å². The summed E-state index contributed by atoms with van der Waals surface area (Å²) in [6.07, 6.45) is 1.30. The van der Waals surface area contributed by atoms with Gasteiger partial charge in [-0.2, -0.15) is 5.10 Å². The molecule has 1 aromatic carbocycles. The molecular formula is C13H10ClN3O3. The molecule has 2 aromatic rings. The van der Waals surface area contributed by atoms with Gasteiger partial charge in [-0.1, -0.05) is 36.4 Å². The third kappa shape index (κ3) is 2.55. The van der Waals surface area contributed by atoms with Crippen LogP contribution in [-0.2, 0) is 0 Å². The maximum absolute atomic E-state index is 12.1. The van der Waals surface area contributed by atoms with E-state index >= 15 is 0 Å². The summed E-state index contributed by atoms with van der Waals surface area (Å²) in [5, 5.41) is 17.8. The molecule has 0 saturated carbocycles. The number of carboxylic acid groups (broad SMARTS) is 1. The van der Waals surface area contributed by atoms with Crippen molar-refractivity contribution >= 4 is 35.4 Å². The quantitative estimate of drug-likeness (QED) is 0.807. The first-order valence-electron chi connectivity index (χ1n) is 5.54. The number of halogens is 1. The molecular weight excluding hydrogens is 282 g/mol. The van der Waals surface area contributed by atoms with Crippen molar-refractivity contribution in [2.45, 2.75) is 0 Å². The number of benzene rings is 1. The number of amides is 1. The standard InChI is InChI=1S/C13H10ClN3O3/c1-2-7-10(13(19)20)16-17-11(7)15-12(18)8-5-3-4-6-9(8)14/h2-6H,1H2,(H,19,20)(H2,15,16,17,18). The van der Waals surface area contributed by atoms with Gasteiger partial charge in [-0.3, -0.25) is 9.89 Å². The third-order valence-electron chi connectivity index (χ3n) is 2.57. The molecule has 0 aliphatic rings. The van der Waals surface area contributed by atoms with Gasteiger partial charge in [-0.05, 0) is 12.1 Å². The van der Waals surface area contributed by atoms with Gasteiger partial charge in [0.25, 0.3) is 5.91 Å². The average Bonchev–Trinajstić information content (AvgIpc) is 2.82. The van der Waals surface area contributed by atoms with E-state index in [0.29, 0.717) is 5.02 Å². The molecule has 0 fully saturated rings. The Hall–Kier alpha value is -2.60. The minimum Gasteiger partial charge on any atom is -0.476 e. The fourth-order valence-corrected chi connectivity index (χ4v) is 1.86. The molecule has 6 nitrogen and oxygen atoms in total. The van der Waals surface area contributed by atoms with Gasteiger partial charge in [0.05, 0.1) is 16.1 Å². The Labute approximate surface area is 119 Å². The van der Waals surface area contributed by atoms with E-state index in [0.717, 1.165) is 0 Å². The molecule has 1 amide bonds. The van der Waals surface area contributed by atoms with Gasteiger partial charge in [0.15, 0.2) is 5.69 Å². The molecule has 0 unspecified atom stereocenters. The summed E-state index contributed by atoms with van der Waals surface area (Å²) in [5.41, 5.74) is 0.267. The zero-order valence-corrected chi connectivity index (χ0v) is 10.9. The van der Waals surface area contributed by atoms with Crippen LogP contribution in [0.2, 0.25) is 5.02 Å². The van der Waals surface area contributed by atoms with E-state index in [9.17, 15) is 9.59 Å². The highest BCUT2D eigenvalue weighted by molar-refractivity contribution is 6.34. The van der Waals surface area contributed by atoms with Crippen molar-refractivity contribution in [2.75, 3.05) is 5.32 Å². The average molecular weight is 292 g/mol. The normalized spacial score (nSPS) is 10.1. The molecule has 0 aliphatic carbocycles. The molecule has 1 aromatic heterocycles. The summed E-state index contributed by atoms with van der Waals surface area (Å²) in [5.74, 6) is -1.53. The summed E-state index contributed by atoms with van der Waals surface area (Å²) in [6.45, 7) is 3.50. The van der Waals surface area contributed by atoms with Crippen LogP contribution in [0.1, 0.15) is 26.4 Å². The molecule has 0 radical (unpaired) electrons. The minimum atomic E-state index is -1.21. The highest BCUT2D eigenvalue weighted by Crippen LogP contribution is 2.21. The lowest BCUT2D eigenvalue weighted by molar-refractivity contribution is 0.0690. The molecule has 2 rings (SSSR count). The van der Waals surface area contributed by atoms with E-state index in [1.807, 2.05) is 0 Å². The topological polar surface area (TPSA) is 95.1 Å².